The molecule has 0 bridgehead atoms. The predicted molar refractivity (Wildman–Crippen MR) is 107 cm³/mol. The average molecular weight is 398 g/mol. The smallest absolute Gasteiger partial charge is 0.246 e. The fourth-order valence-electron chi connectivity index (χ4n) is 2.66. The summed E-state index contributed by atoms with van der Waals surface area (Å²) in [5.41, 5.74) is 1.61. The van der Waals surface area contributed by atoms with Crippen molar-refractivity contribution in [2.75, 3.05) is 25.6 Å². The summed E-state index contributed by atoms with van der Waals surface area (Å²) in [4.78, 5) is 4.37. The van der Waals surface area contributed by atoms with Crippen molar-refractivity contribution in [3.8, 4) is 28.6 Å². The fourth-order valence-corrected chi connectivity index (χ4v) is 2.85. The Morgan fingerprint density at radius 3 is 2.86 bits per heavy atom. The molecule has 2 N–H and O–H groups in total. The molecule has 0 atom stereocenters. The first kappa shape index (κ1) is 18.1. The zero-order valence-electron chi connectivity index (χ0n) is 15.1. The van der Waals surface area contributed by atoms with Gasteiger partial charge in [0.25, 0.3) is 0 Å². The molecule has 2 heterocycles. The van der Waals surface area contributed by atoms with E-state index in [4.69, 9.17) is 31.0 Å². The number of thiocarbonyl (C=S) groups is 1. The van der Waals surface area contributed by atoms with Crippen molar-refractivity contribution in [2.24, 2.45) is 0 Å². The summed E-state index contributed by atoms with van der Waals surface area (Å²) < 4.78 is 21.6. The lowest BCUT2D eigenvalue weighted by Crippen LogP contribution is -2.28. The maximum absolute atomic E-state index is 5.57. The highest BCUT2D eigenvalue weighted by Gasteiger charge is 2.13. The summed E-state index contributed by atoms with van der Waals surface area (Å²) in [6, 6.07) is 13.0. The predicted octanol–water partition coefficient (Wildman–Crippen LogP) is 3.00. The third-order valence-electron chi connectivity index (χ3n) is 4.00. The van der Waals surface area contributed by atoms with Crippen LogP contribution in [0.5, 0.6) is 17.2 Å². The second-order valence-electron chi connectivity index (χ2n) is 5.91. The Kier molecular flexibility index (Phi) is 5.24. The molecule has 0 amide bonds. The highest BCUT2D eigenvalue weighted by atomic mass is 32.1. The Balaban J connectivity index is 1.34. The minimum absolute atomic E-state index is 0.299. The van der Waals surface area contributed by atoms with Crippen molar-refractivity contribution in [3.63, 3.8) is 0 Å². The molecule has 0 unspecified atom stereocenters. The van der Waals surface area contributed by atoms with Gasteiger partial charge in [0.15, 0.2) is 16.6 Å². The molecule has 9 heteroatoms. The number of nitrogens with zero attached hydrogens (tertiary/aromatic N) is 2. The van der Waals surface area contributed by atoms with E-state index in [9.17, 15) is 0 Å². The van der Waals surface area contributed by atoms with Crippen LogP contribution in [0, 0.1) is 0 Å². The van der Waals surface area contributed by atoms with Crippen LogP contribution in [0.15, 0.2) is 47.0 Å². The average Bonchev–Trinajstić information content (AvgIpc) is 3.21. The summed E-state index contributed by atoms with van der Waals surface area (Å²) >= 11 is 5.32. The number of hydrogen-bond donors (Lipinski definition) is 2. The monoisotopic (exact) mass is 398 g/mol. The summed E-state index contributed by atoms with van der Waals surface area (Å²) in [7, 11) is 1.61. The van der Waals surface area contributed by atoms with Crippen LogP contribution in [0.3, 0.4) is 0 Å². The first-order valence-electron chi connectivity index (χ1n) is 8.63. The normalized spacial score (nSPS) is 12.3. The van der Waals surface area contributed by atoms with E-state index in [2.05, 4.69) is 20.8 Å². The minimum Gasteiger partial charge on any atom is -0.497 e. The molecule has 0 saturated heterocycles. The van der Waals surface area contributed by atoms with Gasteiger partial charge in [0.05, 0.1) is 13.7 Å². The number of aromatic nitrogens is 2. The van der Waals surface area contributed by atoms with Crippen molar-refractivity contribution in [1.29, 1.82) is 0 Å². The first-order valence-corrected chi connectivity index (χ1v) is 9.03. The first-order chi connectivity index (χ1) is 13.7. The molecule has 1 aliphatic heterocycles. The van der Waals surface area contributed by atoms with Gasteiger partial charge in [-0.15, -0.1) is 0 Å². The summed E-state index contributed by atoms with van der Waals surface area (Å²) in [5, 5.41) is 10.6. The van der Waals surface area contributed by atoms with Crippen molar-refractivity contribution in [3.05, 3.63) is 48.4 Å². The van der Waals surface area contributed by atoms with Gasteiger partial charge in [0.1, 0.15) is 19.0 Å². The van der Waals surface area contributed by atoms with Crippen LogP contribution in [-0.2, 0) is 6.54 Å². The molecule has 28 heavy (non-hydrogen) atoms. The van der Waals surface area contributed by atoms with Crippen molar-refractivity contribution < 1.29 is 18.7 Å². The van der Waals surface area contributed by atoms with Gasteiger partial charge in [-0.3, -0.25) is 0 Å². The van der Waals surface area contributed by atoms with Crippen LogP contribution in [0.1, 0.15) is 5.89 Å². The molecule has 3 aromatic rings. The van der Waals surface area contributed by atoms with Crippen molar-refractivity contribution >= 4 is 23.0 Å². The lowest BCUT2D eigenvalue weighted by atomic mass is 10.2. The van der Waals surface area contributed by atoms with Crippen LogP contribution in [-0.4, -0.2) is 35.6 Å². The number of rotatable bonds is 5. The summed E-state index contributed by atoms with van der Waals surface area (Å²) in [5.74, 6) is 3.06. The molecule has 144 valence electrons. The van der Waals surface area contributed by atoms with Gasteiger partial charge in [-0.2, -0.15) is 4.98 Å². The van der Waals surface area contributed by atoms with Crippen LogP contribution >= 0.6 is 12.2 Å². The Morgan fingerprint density at radius 2 is 2.00 bits per heavy atom. The molecular weight excluding hydrogens is 380 g/mol. The maximum Gasteiger partial charge on any atom is 0.246 e. The lowest BCUT2D eigenvalue weighted by Gasteiger charge is -2.19. The molecule has 8 nitrogen and oxygen atoms in total. The molecule has 1 aromatic heterocycles. The molecule has 0 radical (unpaired) electrons. The SMILES string of the molecule is COc1cccc(-c2noc(CNC(=S)Nc3ccc4c(c3)OCCO4)n2)c1. The van der Waals surface area contributed by atoms with Crippen LogP contribution in [0.2, 0.25) is 0 Å². The third kappa shape index (κ3) is 4.15. The molecular formula is C19H18N4O4S. The van der Waals surface area contributed by atoms with Gasteiger partial charge in [-0.25, -0.2) is 0 Å². The van der Waals surface area contributed by atoms with Gasteiger partial charge in [-0.05, 0) is 36.5 Å². The van der Waals surface area contributed by atoms with Crippen LogP contribution in [0.4, 0.5) is 5.69 Å². The Hall–Kier alpha value is -3.33. The summed E-state index contributed by atoms with van der Waals surface area (Å²) in [6.45, 7) is 1.39. The van der Waals surface area contributed by atoms with Gasteiger partial charge < -0.3 is 29.4 Å². The molecule has 0 aliphatic carbocycles. The molecule has 1 aliphatic rings. The number of anilines is 1. The topological polar surface area (TPSA) is 90.7 Å². The van der Waals surface area contributed by atoms with Crippen LogP contribution in [0.25, 0.3) is 11.4 Å². The van der Waals surface area contributed by atoms with Crippen LogP contribution < -0.4 is 24.8 Å². The van der Waals surface area contributed by atoms with E-state index in [1.807, 2.05) is 42.5 Å². The number of methoxy groups -OCH3 is 1. The highest BCUT2D eigenvalue weighted by Crippen LogP contribution is 2.32. The second-order valence-corrected chi connectivity index (χ2v) is 6.32. The van der Waals surface area contributed by atoms with Gasteiger partial charge in [-0.1, -0.05) is 17.3 Å². The van der Waals surface area contributed by atoms with Gasteiger partial charge in [0.2, 0.25) is 11.7 Å². The molecule has 4 rings (SSSR count). The third-order valence-corrected chi connectivity index (χ3v) is 4.24. The quantitative estimate of drug-likeness (QED) is 0.629. The molecule has 2 aromatic carbocycles. The fraction of sp³-hybridized carbons (Fsp3) is 0.211. The number of hydrogen-bond acceptors (Lipinski definition) is 7. The van der Waals surface area contributed by atoms with Crippen molar-refractivity contribution in [2.45, 2.75) is 6.54 Å². The van der Waals surface area contributed by atoms with E-state index in [0.717, 1.165) is 22.7 Å². The Labute approximate surface area is 166 Å². The number of benzene rings is 2. The van der Waals surface area contributed by atoms with Crippen molar-refractivity contribution in [1.82, 2.24) is 15.5 Å². The highest BCUT2D eigenvalue weighted by molar-refractivity contribution is 7.80. The largest absolute Gasteiger partial charge is 0.497 e. The standard InChI is InChI=1S/C19H18N4O4S/c1-24-14-4-2-3-12(9-14)18-22-17(27-23-18)11-20-19(28)21-13-5-6-15-16(10-13)26-8-7-25-15/h2-6,9-10H,7-8,11H2,1H3,(H2,20,21,28). The zero-order chi connectivity index (χ0) is 19.3. The number of fused-ring (bicyclic) bond motifs is 1. The molecule has 0 spiro atoms. The van der Waals surface area contributed by atoms with Gasteiger partial charge >= 0.3 is 0 Å². The van der Waals surface area contributed by atoms with E-state index in [1.54, 1.807) is 7.11 Å². The number of ether oxygens (including phenoxy) is 3. The van der Waals surface area contributed by atoms with E-state index in [1.165, 1.54) is 0 Å². The minimum atomic E-state index is 0.299. The lowest BCUT2D eigenvalue weighted by molar-refractivity contribution is 0.171. The molecule has 0 saturated carbocycles. The second kappa shape index (κ2) is 8.13. The Morgan fingerprint density at radius 1 is 1.14 bits per heavy atom. The number of nitrogens with one attached hydrogen (secondary N) is 2. The summed E-state index contributed by atoms with van der Waals surface area (Å²) in [6.07, 6.45) is 0. The molecule has 0 fully saturated rings. The maximum atomic E-state index is 5.57. The van der Waals surface area contributed by atoms with E-state index < -0.39 is 0 Å². The zero-order valence-corrected chi connectivity index (χ0v) is 15.9. The van der Waals surface area contributed by atoms with E-state index in [0.29, 0.717) is 42.3 Å². The van der Waals surface area contributed by atoms with E-state index >= 15 is 0 Å². The Bertz CT molecular complexity index is 992. The van der Waals surface area contributed by atoms with Gasteiger partial charge in [0, 0.05) is 17.3 Å². The van der Waals surface area contributed by atoms with E-state index in [-0.39, 0.29) is 0 Å².